The van der Waals surface area contributed by atoms with Gasteiger partial charge in [-0.1, -0.05) is 28.0 Å². The lowest BCUT2D eigenvalue weighted by molar-refractivity contribution is -0.153. The van der Waals surface area contributed by atoms with E-state index in [1.165, 1.54) is 19.1 Å². The highest BCUT2D eigenvalue weighted by molar-refractivity contribution is 8.77. The van der Waals surface area contributed by atoms with E-state index in [2.05, 4.69) is 10.6 Å². The molecule has 1 fully saturated rings. The summed E-state index contributed by atoms with van der Waals surface area (Å²) in [6.45, 7) is 2.99. The molecule has 1 saturated heterocycles. The van der Waals surface area contributed by atoms with Crippen LogP contribution in [-0.4, -0.2) is 34.9 Å². The van der Waals surface area contributed by atoms with Crippen molar-refractivity contribution in [1.29, 1.82) is 0 Å². The predicted octanol–water partition coefficient (Wildman–Crippen LogP) is 4.23. The number of nitrogens with one attached hydrogen (secondary N) is 2. The maximum absolute atomic E-state index is 12.2. The normalized spacial score (nSPS) is 17.2. The van der Waals surface area contributed by atoms with Crippen LogP contribution in [0.25, 0.3) is 0 Å². The molecule has 2 atom stereocenters. The molecular weight excluding hydrogens is 384 g/mol. The molecule has 0 unspecified atom stereocenters. The van der Waals surface area contributed by atoms with Crippen LogP contribution in [0.15, 0.2) is 24.3 Å². The number of benzene rings is 1. The summed E-state index contributed by atoms with van der Waals surface area (Å²) in [7, 11) is 3.87. The van der Waals surface area contributed by atoms with E-state index in [1.54, 1.807) is 31.2 Å². The first kappa shape index (κ1) is 21.6. The Morgan fingerprint density at radius 1 is 1.15 bits per heavy atom. The topological polar surface area (TPSA) is 84.5 Å². The van der Waals surface area contributed by atoms with Gasteiger partial charge < -0.3 is 15.4 Å². The molecule has 0 aromatic heterocycles. The molecule has 27 heavy (non-hydrogen) atoms. The molecule has 1 aromatic rings. The van der Waals surface area contributed by atoms with E-state index in [4.69, 9.17) is 4.74 Å². The third-order valence-electron chi connectivity index (χ3n) is 4.03. The van der Waals surface area contributed by atoms with E-state index in [1.807, 2.05) is 21.6 Å². The largest absolute Gasteiger partial charge is 0.453 e. The molecular formula is C19H26N2O4S2. The number of rotatable bonds is 9. The fourth-order valence-corrected chi connectivity index (χ4v) is 5.63. The number of ether oxygens (including phenoxy) is 1. The Morgan fingerprint density at radius 2 is 1.81 bits per heavy atom. The minimum absolute atomic E-state index is 0.159. The van der Waals surface area contributed by atoms with Crippen LogP contribution in [0.2, 0.25) is 0 Å². The second-order valence-electron chi connectivity index (χ2n) is 6.45. The van der Waals surface area contributed by atoms with Crippen LogP contribution < -0.4 is 10.6 Å². The van der Waals surface area contributed by atoms with Gasteiger partial charge in [0.05, 0.1) is 0 Å². The summed E-state index contributed by atoms with van der Waals surface area (Å²) in [5, 5.41) is 6.07. The number of carbonyl (C=O) groups excluding carboxylic acids is 3. The molecule has 2 N–H and O–H groups in total. The SMILES string of the molecule is CC(=O)Nc1ccc(NC(=O)[C@@H](C)OC(=O)CCCC[C@@H]2CCSS2)cc1. The van der Waals surface area contributed by atoms with Gasteiger partial charge in [0.25, 0.3) is 5.91 Å². The molecule has 0 bridgehead atoms. The van der Waals surface area contributed by atoms with Gasteiger partial charge in [-0.15, -0.1) is 0 Å². The van der Waals surface area contributed by atoms with Crippen molar-refractivity contribution >= 4 is 50.7 Å². The maximum Gasteiger partial charge on any atom is 0.306 e. The molecule has 2 amide bonds. The first-order valence-corrected chi connectivity index (χ1v) is 11.5. The fraction of sp³-hybridized carbons (Fsp3) is 0.526. The summed E-state index contributed by atoms with van der Waals surface area (Å²) in [5.74, 6) is 0.343. The Morgan fingerprint density at radius 3 is 2.41 bits per heavy atom. The Balaban J connectivity index is 1.66. The molecule has 0 spiro atoms. The van der Waals surface area contributed by atoms with Crippen LogP contribution in [0.4, 0.5) is 11.4 Å². The Kier molecular flexibility index (Phi) is 9.00. The number of unbranched alkanes of at least 4 members (excludes halogenated alkanes) is 1. The van der Waals surface area contributed by atoms with E-state index >= 15 is 0 Å². The standard InChI is InChI=1S/C19H26N2O4S2/c1-13(25-18(23)6-4-3-5-17-11-12-26-27-17)19(24)21-16-9-7-15(8-10-16)20-14(2)22/h7-10,13,17H,3-6,11-12H2,1-2H3,(H,20,22)(H,21,24)/t13-,17-/m1/s1. The molecule has 1 aliphatic heterocycles. The van der Waals surface area contributed by atoms with Gasteiger partial charge >= 0.3 is 5.97 Å². The number of esters is 1. The quantitative estimate of drug-likeness (QED) is 0.360. The molecule has 6 nitrogen and oxygen atoms in total. The number of hydrogen-bond donors (Lipinski definition) is 2. The van der Waals surface area contributed by atoms with Crippen LogP contribution in [0, 0.1) is 0 Å². The first-order chi connectivity index (χ1) is 12.9. The van der Waals surface area contributed by atoms with Crippen LogP contribution in [0.3, 0.4) is 0 Å². The van der Waals surface area contributed by atoms with Crippen LogP contribution in [0.1, 0.15) is 46.0 Å². The summed E-state index contributed by atoms with van der Waals surface area (Å²) in [5.41, 5.74) is 1.22. The second-order valence-corrected chi connectivity index (χ2v) is 9.24. The second kappa shape index (κ2) is 11.2. The Labute approximate surface area is 168 Å². The van der Waals surface area contributed by atoms with Crippen molar-refractivity contribution in [3.05, 3.63) is 24.3 Å². The van der Waals surface area contributed by atoms with Gasteiger partial charge in [0.15, 0.2) is 6.10 Å². The Bertz CT molecular complexity index is 646. The summed E-state index contributed by atoms with van der Waals surface area (Å²) in [6.07, 6.45) is 3.68. The maximum atomic E-state index is 12.2. The van der Waals surface area contributed by atoms with Crippen molar-refractivity contribution < 1.29 is 19.1 Å². The Hall–Kier alpha value is -1.67. The average Bonchev–Trinajstić information content (AvgIpc) is 3.13. The molecule has 2 rings (SSSR count). The van der Waals surface area contributed by atoms with Crippen molar-refractivity contribution in [1.82, 2.24) is 0 Å². The minimum atomic E-state index is -0.852. The molecule has 0 saturated carbocycles. The number of carbonyl (C=O) groups is 3. The smallest absolute Gasteiger partial charge is 0.306 e. The summed E-state index contributed by atoms with van der Waals surface area (Å²) in [4.78, 5) is 35.1. The highest BCUT2D eigenvalue weighted by atomic mass is 33.1. The predicted molar refractivity (Wildman–Crippen MR) is 112 cm³/mol. The average molecular weight is 411 g/mol. The number of amides is 2. The van der Waals surface area contributed by atoms with Gasteiger partial charge in [-0.05, 0) is 50.5 Å². The zero-order valence-corrected chi connectivity index (χ0v) is 17.3. The van der Waals surface area contributed by atoms with E-state index < -0.39 is 6.10 Å². The fourth-order valence-electron chi connectivity index (χ4n) is 2.60. The van der Waals surface area contributed by atoms with Crippen molar-refractivity contribution in [3.8, 4) is 0 Å². The van der Waals surface area contributed by atoms with Crippen molar-refractivity contribution in [2.24, 2.45) is 0 Å². The first-order valence-electron chi connectivity index (χ1n) is 9.10. The van der Waals surface area contributed by atoms with Crippen LogP contribution in [-0.2, 0) is 19.1 Å². The van der Waals surface area contributed by atoms with E-state index in [9.17, 15) is 14.4 Å². The summed E-state index contributed by atoms with van der Waals surface area (Å²) in [6, 6.07) is 6.73. The van der Waals surface area contributed by atoms with E-state index in [0.717, 1.165) is 19.3 Å². The summed E-state index contributed by atoms with van der Waals surface area (Å²) < 4.78 is 5.22. The van der Waals surface area contributed by atoms with Crippen molar-refractivity contribution in [3.63, 3.8) is 0 Å². The van der Waals surface area contributed by atoms with Gasteiger partial charge in [0, 0.05) is 35.7 Å². The zero-order chi connectivity index (χ0) is 19.6. The van der Waals surface area contributed by atoms with Gasteiger partial charge in [0.2, 0.25) is 5.91 Å². The van der Waals surface area contributed by atoms with E-state index in [0.29, 0.717) is 23.0 Å². The van der Waals surface area contributed by atoms with Crippen LogP contribution >= 0.6 is 21.6 Å². The van der Waals surface area contributed by atoms with Gasteiger partial charge in [-0.3, -0.25) is 14.4 Å². The lowest BCUT2D eigenvalue weighted by Crippen LogP contribution is -2.29. The molecule has 1 aliphatic rings. The monoisotopic (exact) mass is 410 g/mol. The number of hydrogen-bond acceptors (Lipinski definition) is 6. The van der Waals surface area contributed by atoms with Crippen molar-refractivity contribution in [2.45, 2.75) is 57.3 Å². The van der Waals surface area contributed by atoms with Gasteiger partial charge in [0.1, 0.15) is 0 Å². The van der Waals surface area contributed by atoms with Crippen LogP contribution in [0.5, 0.6) is 0 Å². The molecule has 8 heteroatoms. The molecule has 1 aromatic carbocycles. The molecule has 148 valence electrons. The minimum Gasteiger partial charge on any atom is -0.453 e. The molecule has 0 aliphatic carbocycles. The third kappa shape index (κ3) is 8.26. The zero-order valence-electron chi connectivity index (χ0n) is 15.7. The van der Waals surface area contributed by atoms with Crippen molar-refractivity contribution in [2.75, 3.05) is 16.4 Å². The highest BCUT2D eigenvalue weighted by Gasteiger charge is 2.19. The van der Waals surface area contributed by atoms with Gasteiger partial charge in [-0.25, -0.2) is 0 Å². The van der Waals surface area contributed by atoms with Gasteiger partial charge in [-0.2, -0.15) is 0 Å². The molecule has 0 radical (unpaired) electrons. The summed E-state index contributed by atoms with van der Waals surface area (Å²) >= 11 is 0. The lowest BCUT2D eigenvalue weighted by Gasteiger charge is -2.14. The lowest BCUT2D eigenvalue weighted by atomic mass is 10.1. The van der Waals surface area contributed by atoms with E-state index in [-0.39, 0.29) is 17.8 Å². The highest BCUT2D eigenvalue weighted by Crippen LogP contribution is 2.39. The third-order valence-corrected chi connectivity index (χ3v) is 7.04. The number of anilines is 2. The molecule has 1 heterocycles.